The van der Waals surface area contributed by atoms with Gasteiger partial charge in [-0.05, 0) is 50.2 Å². The van der Waals surface area contributed by atoms with Crippen molar-refractivity contribution in [3.05, 3.63) is 42.0 Å². The van der Waals surface area contributed by atoms with Crippen LogP contribution < -0.4 is 19.7 Å². The fourth-order valence-corrected chi connectivity index (χ4v) is 5.17. The molecule has 1 saturated heterocycles. The molecule has 0 bridgehead atoms. The Morgan fingerprint density at radius 2 is 1.76 bits per heavy atom. The molecule has 1 amide bonds. The van der Waals surface area contributed by atoms with Crippen LogP contribution in [0, 0.1) is 0 Å². The van der Waals surface area contributed by atoms with Crippen LogP contribution >= 0.6 is 0 Å². The number of nitrogens with one attached hydrogen (secondary N) is 1. The van der Waals surface area contributed by atoms with E-state index in [9.17, 15) is 13.2 Å². The zero-order chi connectivity index (χ0) is 24.0. The van der Waals surface area contributed by atoms with E-state index < -0.39 is 15.9 Å². The number of methoxy groups -OCH3 is 2. The fraction of sp³-hybridized carbons (Fsp3) is 0.435. The predicted molar refractivity (Wildman–Crippen MR) is 127 cm³/mol. The smallest absolute Gasteiger partial charge is 0.259 e. The first-order chi connectivity index (χ1) is 15.8. The summed E-state index contributed by atoms with van der Waals surface area (Å²) in [6.07, 6.45) is 0. The van der Waals surface area contributed by atoms with Gasteiger partial charge in [0.15, 0.2) is 0 Å². The normalized spacial score (nSPS) is 14.5. The van der Waals surface area contributed by atoms with Gasteiger partial charge in [-0.15, -0.1) is 0 Å². The number of morpholine rings is 1. The molecule has 1 N–H and O–H groups in total. The Balaban J connectivity index is 2.03. The summed E-state index contributed by atoms with van der Waals surface area (Å²) in [5, 5.41) is 2.89. The van der Waals surface area contributed by atoms with E-state index in [0.29, 0.717) is 56.6 Å². The molecule has 33 heavy (non-hydrogen) atoms. The molecule has 0 spiro atoms. The molecular weight excluding hydrogens is 446 g/mol. The van der Waals surface area contributed by atoms with Gasteiger partial charge in [0.1, 0.15) is 11.5 Å². The van der Waals surface area contributed by atoms with Crippen LogP contribution in [-0.2, 0) is 14.8 Å². The third-order valence-corrected chi connectivity index (χ3v) is 7.47. The first-order valence-electron chi connectivity index (χ1n) is 10.9. The molecule has 1 heterocycles. The quantitative estimate of drug-likeness (QED) is 0.593. The molecule has 0 unspecified atom stereocenters. The minimum absolute atomic E-state index is 0.119. The lowest BCUT2D eigenvalue weighted by molar-refractivity contribution is 0.0730. The molecule has 180 valence electrons. The van der Waals surface area contributed by atoms with Gasteiger partial charge in [-0.25, -0.2) is 8.42 Å². The molecule has 1 aliphatic rings. The summed E-state index contributed by atoms with van der Waals surface area (Å²) in [5.74, 6) is 0.462. The standard InChI is InChI=1S/C23H31N3O6S/c1-5-25(6-2)21-9-8-18(33(28,29)26-11-13-32-14-12-26)16-20(21)24-23(27)19-15-17(30-3)7-10-22(19)31-4/h7-10,15-16H,5-6,11-14H2,1-4H3,(H,24,27). The van der Waals surface area contributed by atoms with Crippen LogP contribution in [0.3, 0.4) is 0 Å². The Labute approximate surface area is 195 Å². The van der Waals surface area contributed by atoms with E-state index in [1.54, 1.807) is 30.3 Å². The highest BCUT2D eigenvalue weighted by atomic mass is 32.2. The Bertz CT molecular complexity index is 1080. The SMILES string of the molecule is CCN(CC)c1ccc(S(=O)(=O)N2CCOCC2)cc1NC(=O)c1cc(OC)ccc1OC. The number of rotatable bonds is 9. The summed E-state index contributed by atoms with van der Waals surface area (Å²) in [4.78, 5) is 15.4. The highest BCUT2D eigenvalue weighted by Crippen LogP contribution is 2.32. The molecule has 10 heteroatoms. The lowest BCUT2D eigenvalue weighted by atomic mass is 10.1. The van der Waals surface area contributed by atoms with E-state index in [1.165, 1.54) is 24.6 Å². The molecule has 2 aromatic rings. The van der Waals surface area contributed by atoms with Crippen molar-refractivity contribution >= 4 is 27.3 Å². The number of ether oxygens (including phenoxy) is 3. The van der Waals surface area contributed by atoms with Gasteiger partial charge in [-0.1, -0.05) is 0 Å². The van der Waals surface area contributed by atoms with Crippen molar-refractivity contribution in [2.75, 3.05) is 63.8 Å². The van der Waals surface area contributed by atoms with Crippen molar-refractivity contribution in [3.63, 3.8) is 0 Å². The molecule has 3 rings (SSSR count). The Morgan fingerprint density at radius 3 is 2.36 bits per heavy atom. The number of carbonyl (C=O) groups is 1. The van der Waals surface area contributed by atoms with E-state index in [2.05, 4.69) is 5.32 Å². The van der Waals surface area contributed by atoms with Crippen LogP contribution in [0.15, 0.2) is 41.3 Å². The lowest BCUT2D eigenvalue weighted by Crippen LogP contribution is -2.40. The molecule has 9 nitrogen and oxygen atoms in total. The molecule has 2 aromatic carbocycles. The number of amides is 1. The minimum atomic E-state index is -3.73. The Morgan fingerprint density at radius 1 is 1.06 bits per heavy atom. The van der Waals surface area contributed by atoms with Crippen molar-refractivity contribution in [2.24, 2.45) is 0 Å². The van der Waals surface area contributed by atoms with E-state index >= 15 is 0 Å². The van der Waals surface area contributed by atoms with Crippen LogP contribution in [-0.4, -0.2) is 72.2 Å². The molecule has 0 aromatic heterocycles. The summed E-state index contributed by atoms with van der Waals surface area (Å²) < 4.78 is 43.7. The maximum absolute atomic E-state index is 13.2. The van der Waals surface area contributed by atoms with Crippen molar-refractivity contribution in [3.8, 4) is 11.5 Å². The van der Waals surface area contributed by atoms with Crippen LogP contribution in [0.25, 0.3) is 0 Å². The first kappa shape index (κ1) is 24.8. The predicted octanol–water partition coefficient (Wildman–Crippen LogP) is 2.82. The number of hydrogen-bond acceptors (Lipinski definition) is 7. The molecular formula is C23H31N3O6S. The summed E-state index contributed by atoms with van der Waals surface area (Å²) in [5.41, 5.74) is 1.42. The largest absolute Gasteiger partial charge is 0.497 e. The second-order valence-electron chi connectivity index (χ2n) is 7.39. The Hall–Kier alpha value is -2.82. The number of hydrogen-bond donors (Lipinski definition) is 1. The molecule has 0 atom stereocenters. The molecule has 0 radical (unpaired) electrons. The number of nitrogens with zero attached hydrogens (tertiary/aromatic N) is 2. The van der Waals surface area contributed by atoms with Crippen LogP contribution in [0.4, 0.5) is 11.4 Å². The van der Waals surface area contributed by atoms with Crippen LogP contribution in [0.1, 0.15) is 24.2 Å². The monoisotopic (exact) mass is 477 g/mol. The third kappa shape index (κ3) is 5.40. The summed E-state index contributed by atoms with van der Waals surface area (Å²) in [6, 6.07) is 9.77. The van der Waals surface area contributed by atoms with Crippen molar-refractivity contribution in [2.45, 2.75) is 18.7 Å². The highest BCUT2D eigenvalue weighted by Gasteiger charge is 2.28. The van der Waals surface area contributed by atoms with Crippen molar-refractivity contribution < 1.29 is 27.4 Å². The van der Waals surface area contributed by atoms with Crippen LogP contribution in [0.2, 0.25) is 0 Å². The van der Waals surface area contributed by atoms with Crippen molar-refractivity contribution in [1.29, 1.82) is 0 Å². The molecule has 0 aliphatic carbocycles. The number of anilines is 2. The average molecular weight is 478 g/mol. The molecule has 0 saturated carbocycles. The van der Waals surface area contributed by atoms with Gasteiger partial charge in [0.25, 0.3) is 5.91 Å². The van der Waals surface area contributed by atoms with E-state index in [-0.39, 0.29) is 10.5 Å². The van der Waals surface area contributed by atoms with Gasteiger partial charge >= 0.3 is 0 Å². The highest BCUT2D eigenvalue weighted by molar-refractivity contribution is 7.89. The van der Waals surface area contributed by atoms with E-state index in [1.807, 2.05) is 18.7 Å². The topological polar surface area (TPSA) is 97.4 Å². The lowest BCUT2D eigenvalue weighted by Gasteiger charge is -2.28. The molecule has 1 fully saturated rings. The Kier molecular flexibility index (Phi) is 8.17. The fourth-order valence-electron chi connectivity index (χ4n) is 3.73. The zero-order valence-electron chi connectivity index (χ0n) is 19.5. The van der Waals surface area contributed by atoms with Crippen LogP contribution in [0.5, 0.6) is 11.5 Å². The minimum Gasteiger partial charge on any atom is -0.497 e. The summed E-state index contributed by atoms with van der Waals surface area (Å²) >= 11 is 0. The van der Waals surface area contributed by atoms with Gasteiger partial charge in [0.2, 0.25) is 10.0 Å². The summed E-state index contributed by atoms with van der Waals surface area (Å²) in [7, 11) is -0.728. The van der Waals surface area contributed by atoms with Gasteiger partial charge < -0.3 is 24.4 Å². The first-order valence-corrected chi connectivity index (χ1v) is 12.3. The number of sulfonamides is 1. The average Bonchev–Trinajstić information content (AvgIpc) is 2.85. The van der Waals surface area contributed by atoms with Gasteiger partial charge in [-0.3, -0.25) is 4.79 Å². The summed E-state index contributed by atoms with van der Waals surface area (Å²) in [6.45, 7) is 6.68. The van der Waals surface area contributed by atoms with Gasteiger partial charge in [0, 0.05) is 26.2 Å². The maximum atomic E-state index is 13.2. The number of benzene rings is 2. The van der Waals surface area contributed by atoms with Gasteiger partial charge in [-0.2, -0.15) is 4.31 Å². The van der Waals surface area contributed by atoms with E-state index in [0.717, 1.165) is 5.69 Å². The zero-order valence-corrected chi connectivity index (χ0v) is 20.3. The number of carbonyl (C=O) groups excluding carboxylic acids is 1. The van der Waals surface area contributed by atoms with E-state index in [4.69, 9.17) is 14.2 Å². The second kappa shape index (κ2) is 10.9. The van der Waals surface area contributed by atoms with Gasteiger partial charge in [0.05, 0.1) is 49.3 Å². The molecule has 1 aliphatic heterocycles. The second-order valence-corrected chi connectivity index (χ2v) is 9.33. The third-order valence-electron chi connectivity index (χ3n) is 5.58. The van der Waals surface area contributed by atoms with Crippen molar-refractivity contribution in [1.82, 2.24) is 4.31 Å². The maximum Gasteiger partial charge on any atom is 0.259 e.